The van der Waals surface area contributed by atoms with E-state index in [-0.39, 0.29) is 24.0 Å². The number of hydrogen-bond donors (Lipinski definition) is 1. The number of methoxy groups -OCH3 is 1. The molecule has 6 nitrogen and oxygen atoms in total. The van der Waals surface area contributed by atoms with Crippen LogP contribution in [0.2, 0.25) is 0 Å². The number of nitrogens with one attached hydrogen (secondary N) is 1. The highest BCUT2D eigenvalue weighted by Gasteiger charge is 2.21. The molecule has 1 aromatic carbocycles. The van der Waals surface area contributed by atoms with Crippen LogP contribution in [0.25, 0.3) is 0 Å². The number of guanidine groups is 1. The molecule has 2 rings (SSSR count). The number of halogens is 1. The van der Waals surface area contributed by atoms with Crippen molar-refractivity contribution in [3.63, 3.8) is 0 Å². The maximum absolute atomic E-state index is 5.71. The Hall–Kier alpha value is -1.22. The van der Waals surface area contributed by atoms with E-state index in [9.17, 15) is 0 Å². The molecule has 1 aliphatic carbocycles. The lowest BCUT2D eigenvalue weighted by Crippen LogP contribution is -2.40. The first-order valence-electron chi connectivity index (χ1n) is 9.47. The van der Waals surface area contributed by atoms with Crippen molar-refractivity contribution in [1.29, 1.82) is 0 Å². The zero-order chi connectivity index (χ0) is 18.8. The molecular formula is C20H34IN3O3. The van der Waals surface area contributed by atoms with Crippen LogP contribution in [0.15, 0.2) is 23.2 Å². The van der Waals surface area contributed by atoms with Gasteiger partial charge in [0.15, 0.2) is 17.5 Å². The van der Waals surface area contributed by atoms with Crippen molar-refractivity contribution in [2.24, 2.45) is 10.9 Å². The molecule has 0 radical (unpaired) electrons. The zero-order valence-electron chi connectivity index (χ0n) is 17.0. The Kier molecular flexibility index (Phi) is 11.5. The van der Waals surface area contributed by atoms with E-state index in [1.54, 1.807) is 14.2 Å². The Morgan fingerprint density at radius 2 is 2.04 bits per heavy atom. The van der Waals surface area contributed by atoms with Crippen LogP contribution in [0.3, 0.4) is 0 Å². The molecule has 0 atom stereocenters. The Balaban J connectivity index is 0.00000364. The molecule has 1 N–H and O–H groups in total. The molecule has 0 aromatic heterocycles. The van der Waals surface area contributed by atoms with E-state index in [1.165, 1.54) is 12.8 Å². The lowest BCUT2D eigenvalue weighted by molar-refractivity contribution is 0.115. The largest absolute Gasteiger partial charge is 0.493 e. The summed E-state index contributed by atoms with van der Waals surface area (Å²) >= 11 is 0. The first kappa shape index (κ1) is 23.8. The number of rotatable bonds is 11. The third kappa shape index (κ3) is 8.55. The van der Waals surface area contributed by atoms with Gasteiger partial charge in [0.2, 0.25) is 0 Å². The topological polar surface area (TPSA) is 55.3 Å². The third-order valence-electron chi connectivity index (χ3n) is 4.34. The minimum absolute atomic E-state index is 0. The first-order valence-corrected chi connectivity index (χ1v) is 9.47. The van der Waals surface area contributed by atoms with Gasteiger partial charge in [-0.15, -0.1) is 24.0 Å². The van der Waals surface area contributed by atoms with E-state index in [2.05, 4.69) is 22.1 Å². The minimum Gasteiger partial charge on any atom is -0.493 e. The second-order valence-corrected chi connectivity index (χ2v) is 6.67. The van der Waals surface area contributed by atoms with E-state index >= 15 is 0 Å². The van der Waals surface area contributed by atoms with Crippen molar-refractivity contribution in [1.82, 2.24) is 10.2 Å². The van der Waals surface area contributed by atoms with Crippen LogP contribution < -0.4 is 14.8 Å². The van der Waals surface area contributed by atoms with Gasteiger partial charge in [0.05, 0.1) is 20.3 Å². The van der Waals surface area contributed by atoms with Gasteiger partial charge in [0.25, 0.3) is 0 Å². The number of benzene rings is 1. The number of ether oxygens (including phenoxy) is 3. The molecule has 27 heavy (non-hydrogen) atoms. The Bertz CT molecular complexity index is 580. The maximum Gasteiger partial charge on any atom is 0.193 e. The molecule has 0 bridgehead atoms. The van der Waals surface area contributed by atoms with E-state index in [0.717, 1.165) is 55.1 Å². The van der Waals surface area contributed by atoms with Gasteiger partial charge in [0.1, 0.15) is 0 Å². The molecular weight excluding hydrogens is 457 g/mol. The second kappa shape index (κ2) is 13.0. The van der Waals surface area contributed by atoms with Gasteiger partial charge in [-0.1, -0.05) is 13.0 Å². The summed E-state index contributed by atoms with van der Waals surface area (Å²) in [5.74, 6) is 3.20. The fraction of sp³-hybridized carbons (Fsp3) is 0.650. The summed E-state index contributed by atoms with van der Waals surface area (Å²) in [6.45, 7) is 5.89. The van der Waals surface area contributed by atoms with Gasteiger partial charge in [-0.25, -0.2) is 0 Å². The van der Waals surface area contributed by atoms with Crippen LogP contribution in [0.4, 0.5) is 0 Å². The Morgan fingerprint density at radius 1 is 1.26 bits per heavy atom. The van der Waals surface area contributed by atoms with Gasteiger partial charge in [-0.2, -0.15) is 0 Å². The molecule has 0 heterocycles. The highest BCUT2D eigenvalue weighted by molar-refractivity contribution is 14.0. The smallest absolute Gasteiger partial charge is 0.193 e. The van der Waals surface area contributed by atoms with Crippen LogP contribution >= 0.6 is 24.0 Å². The lowest BCUT2D eigenvalue weighted by atomic mass is 10.2. The highest BCUT2D eigenvalue weighted by atomic mass is 127. The van der Waals surface area contributed by atoms with Crippen LogP contribution in [-0.2, 0) is 11.3 Å². The molecule has 154 valence electrons. The summed E-state index contributed by atoms with van der Waals surface area (Å²) in [5.41, 5.74) is 1.12. The summed E-state index contributed by atoms with van der Waals surface area (Å²) in [7, 11) is 5.49. The minimum atomic E-state index is 0. The van der Waals surface area contributed by atoms with E-state index < -0.39 is 0 Å². The molecule has 1 aliphatic rings. The fourth-order valence-corrected chi connectivity index (χ4v) is 2.56. The van der Waals surface area contributed by atoms with Crippen molar-refractivity contribution in [3.05, 3.63) is 23.8 Å². The summed E-state index contributed by atoms with van der Waals surface area (Å²) < 4.78 is 16.9. The van der Waals surface area contributed by atoms with E-state index in [1.807, 2.05) is 25.2 Å². The van der Waals surface area contributed by atoms with Gasteiger partial charge >= 0.3 is 0 Å². The molecule has 0 aliphatic heterocycles. The summed E-state index contributed by atoms with van der Waals surface area (Å²) in [6.07, 6.45) is 3.62. The van der Waals surface area contributed by atoms with Crippen molar-refractivity contribution in [2.75, 3.05) is 47.6 Å². The van der Waals surface area contributed by atoms with Gasteiger partial charge in [-0.05, 0) is 42.9 Å². The van der Waals surface area contributed by atoms with Crippen molar-refractivity contribution >= 4 is 29.9 Å². The predicted molar refractivity (Wildman–Crippen MR) is 121 cm³/mol. The quantitative estimate of drug-likeness (QED) is 0.222. The molecule has 1 aromatic rings. The molecule has 7 heteroatoms. The normalized spacial score (nSPS) is 13.7. The predicted octanol–water partition coefficient (Wildman–Crippen LogP) is 3.54. The third-order valence-corrected chi connectivity index (χ3v) is 4.34. The maximum atomic E-state index is 5.71. The molecule has 0 spiro atoms. The highest BCUT2D eigenvalue weighted by Crippen LogP contribution is 2.29. The second-order valence-electron chi connectivity index (χ2n) is 6.67. The van der Waals surface area contributed by atoms with Crippen LogP contribution in [0.1, 0.15) is 31.7 Å². The zero-order valence-corrected chi connectivity index (χ0v) is 19.3. The average molecular weight is 491 g/mol. The lowest BCUT2D eigenvalue weighted by Gasteiger charge is -2.22. The monoisotopic (exact) mass is 491 g/mol. The number of aliphatic imine (C=N–C) groups is 1. The van der Waals surface area contributed by atoms with Gasteiger partial charge < -0.3 is 24.4 Å². The summed E-state index contributed by atoms with van der Waals surface area (Å²) in [4.78, 5) is 6.44. The number of hydrogen-bond acceptors (Lipinski definition) is 4. The Labute approximate surface area is 180 Å². The number of likely N-dealkylation sites (N-methyl/N-ethyl adjacent to an activating group) is 1. The molecule has 0 saturated heterocycles. The van der Waals surface area contributed by atoms with Crippen LogP contribution in [-0.4, -0.2) is 58.4 Å². The molecule has 1 fully saturated rings. The Morgan fingerprint density at radius 3 is 2.67 bits per heavy atom. The average Bonchev–Trinajstić information content (AvgIpc) is 3.48. The van der Waals surface area contributed by atoms with Gasteiger partial charge in [-0.3, -0.25) is 4.99 Å². The van der Waals surface area contributed by atoms with Crippen LogP contribution in [0, 0.1) is 5.92 Å². The number of nitrogens with zero attached hydrogens (tertiary/aromatic N) is 2. The van der Waals surface area contributed by atoms with Crippen molar-refractivity contribution in [2.45, 2.75) is 32.7 Å². The molecule has 1 saturated carbocycles. The molecule has 0 unspecified atom stereocenters. The fourth-order valence-electron chi connectivity index (χ4n) is 2.56. The van der Waals surface area contributed by atoms with Crippen molar-refractivity contribution < 1.29 is 14.2 Å². The molecule has 0 amide bonds. The van der Waals surface area contributed by atoms with Crippen LogP contribution in [0.5, 0.6) is 11.5 Å². The standard InChI is InChI=1S/C20H33N3O3.HI/c1-5-11-26-18-9-8-17(13-19(18)24-4)14-22-20(21-2)23(3)10-12-25-15-16-6-7-16;/h8-9,13,16H,5-7,10-12,14-15H2,1-4H3,(H,21,22);1H. The van der Waals surface area contributed by atoms with E-state index in [4.69, 9.17) is 14.2 Å². The van der Waals surface area contributed by atoms with Crippen molar-refractivity contribution in [3.8, 4) is 11.5 Å². The van der Waals surface area contributed by atoms with E-state index in [0.29, 0.717) is 13.2 Å². The van der Waals surface area contributed by atoms with Gasteiger partial charge in [0, 0.05) is 33.8 Å². The SMILES string of the molecule is CCCOc1ccc(CNC(=NC)N(C)CCOCC2CC2)cc1OC.I. The summed E-state index contributed by atoms with van der Waals surface area (Å²) in [6, 6.07) is 6.01. The summed E-state index contributed by atoms with van der Waals surface area (Å²) in [5, 5.41) is 3.39. The first-order chi connectivity index (χ1) is 12.7.